The molecule has 6 heteroatoms. The van der Waals surface area contributed by atoms with Crippen molar-refractivity contribution in [2.45, 2.75) is 39.5 Å². The Morgan fingerprint density at radius 1 is 1.21 bits per heavy atom. The normalized spacial score (nSPS) is 20.3. The molecule has 0 unspecified atom stereocenters. The average Bonchev–Trinajstić information content (AvgIpc) is 3.28. The molecule has 29 heavy (non-hydrogen) atoms. The van der Waals surface area contributed by atoms with Crippen LogP contribution in [0.25, 0.3) is 5.69 Å². The molecular formula is C23H22FN3OS. The first-order chi connectivity index (χ1) is 13.8. The van der Waals surface area contributed by atoms with Crippen molar-refractivity contribution >= 4 is 22.9 Å². The van der Waals surface area contributed by atoms with Gasteiger partial charge < -0.3 is 5.32 Å². The summed E-state index contributed by atoms with van der Waals surface area (Å²) in [6.07, 6.45) is 1.36. The summed E-state index contributed by atoms with van der Waals surface area (Å²) in [4.78, 5) is 13.2. The lowest BCUT2D eigenvalue weighted by Gasteiger charge is -2.38. The van der Waals surface area contributed by atoms with Gasteiger partial charge in [0.2, 0.25) is 0 Å². The number of carbonyl (C=O) groups is 1. The van der Waals surface area contributed by atoms with Crippen molar-refractivity contribution in [1.82, 2.24) is 9.78 Å². The fraction of sp³-hybridized carbons (Fsp3) is 0.304. The van der Waals surface area contributed by atoms with Crippen molar-refractivity contribution in [2.75, 3.05) is 5.32 Å². The predicted octanol–water partition coefficient (Wildman–Crippen LogP) is 5.58. The van der Waals surface area contributed by atoms with Crippen molar-refractivity contribution in [2.24, 2.45) is 5.41 Å². The minimum Gasteiger partial charge on any atom is -0.343 e. The van der Waals surface area contributed by atoms with Crippen LogP contribution in [0.2, 0.25) is 0 Å². The summed E-state index contributed by atoms with van der Waals surface area (Å²) < 4.78 is 15.3. The summed E-state index contributed by atoms with van der Waals surface area (Å²) in [5.41, 5.74) is 5.58. The van der Waals surface area contributed by atoms with Gasteiger partial charge in [-0.05, 0) is 65.4 Å². The zero-order valence-electron chi connectivity index (χ0n) is 16.6. The zero-order chi connectivity index (χ0) is 20.3. The number of aryl methyl sites for hydroxylation is 1. The van der Waals surface area contributed by atoms with E-state index in [2.05, 4.69) is 30.6 Å². The van der Waals surface area contributed by atoms with Gasteiger partial charge in [0.1, 0.15) is 11.6 Å². The van der Waals surface area contributed by atoms with Crippen LogP contribution >= 0.6 is 11.3 Å². The van der Waals surface area contributed by atoms with E-state index in [4.69, 9.17) is 5.10 Å². The second-order valence-corrected chi connectivity index (χ2v) is 9.46. The van der Waals surface area contributed by atoms with Gasteiger partial charge in [-0.2, -0.15) is 16.4 Å². The number of nitrogens with one attached hydrogen (secondary N) is 1. The Hall–Kier alpha value is -2.73. The first kappa shape index (κ1) is 18.3. The van der Waals surface area contributed by atoms with E-state index in [1.165, 1.54) is 12.1 Å². The average molecular weight is 408 g/mol. The highest BCUT2D eigenvalue weighted by atomic mass is 32.1. The third kappa shape index (κ3) is 2.94. The van der Waals surface area contributed by atoms with Gasteiger partial charge in [0.05, 0.1) is 11.4 Å². The summed E-state index contributed by atoms with van der Waals surface area (Å²) in [7, 11) is 0. The van der Waals surface area contributed by atoms with Gasteiger partial charge in [0.15, 0.2) is 5.78 Å². The van der Waals surface area contributed by atoms with E-state index in [9.17, 15) is 9.18 Å². The third-order valence-corrected chi connectivity index (χ3v) is 6.52. The molecule has 148 valence electrons. The molecule has 4 nitrogen and oxygen atoms in total. The molecule has 2 aliphatic rings. The van der Waals surface area contributed by atoms with Crippen LogP contribution in [0.5, 0.6) is 0 Å². The molecule has 1 aliphatic carbocycles. The van der Waals surface area contributed by atoms with E-state index in [0.717, 1.165) is 46.0 Å². The largest absolute Gasteiger partial charge is 0.343 e. The van der Waals surface area contributed by atoms with Crippen molar-refractivity contribution < 1.29 is 9.18 Å². The quantitative estimate of drug-likeness (QED) is 0.603. The number of fused-ring (bicyclic) bond motifs is 1. The number of nitrogens with zero attached hydrogens (tertiary/aromatic N) is 2. The van der Waals surface area contributed by atoms with Crippen LogP contribution < -0.4 is 5.32 Å². The van der Waals surface area contributed by atoms with Crippen molar-refractivity contribution in [3.63, 3.8) is 0 Å². The fourth-order valence-corrected chi connectivity index (χ4v) is 5.30. The molecule has 0 spiro atoms. The highest BCUT2D eigenvalue weighted by Gasteiger charge is 2.43. The highest BCUT2D eigenvalue weighted by molar-refractivity contribution is 7.08. The Kier molecular flexibility index (Phi) is 4.03. The Morgan fingerprint density at radius 3 is 2.66 bits per heavy atom. The number of hydrogen-bond acceptors (Lipinski definition) is 4. The number of carbonyl (C=O) groups excluding carboxylic acids is 1. The lowest BCUT2D eigenvalue weighted by Crippen LogP contribution is -2.34. The van der Waals surface area contributed by atoms with Crippen LogP contribution in [0.4, 0.5) is 10.2 Å². The minimum atomic E-state index is -0.278. The van der Waals surface area contributed by atoms with E-state index in [1.807, 2.05) is 17.0 Å². The number of benzene rings is 1. The number of allylic oxidation sites excluding steroid dienone is 2. The van der Waals surface area contributed by atoms with Gasteiger partial charge in [-0.3, -0.25) is 4.79 Å². The first-order valence-corrected chi connectivity index (χ1v) is 10.7. The molecule has 5 rings (SSSR count). The molecule has 2 aromatic heterocycles. The molecule has 0 bridgehead atoms. The van der Waals surface area contributed by atoms with Crippen LogP contribution in [-0.2, 0) is 4.79 Å². The number of halogens is 1. The predicted molar refractivity (Wildman–Crippen MR) is 113 cm³/mol. The van der Waals surface area contributed by atoms with Crippen LogP contribution in [0.3, 0.4) is 0 Å². The Morgan fingerprint density at radius 2 is 1.97 bits per heavy atom. The number of Topliss-reactive ketones (excluding diaryl/α,β-unsaturated/α-hetero) is 1. The molecule has 0 saturated carbocycles. The maximum Gasteiger partial charge on any atom is 0.162 e. The second kappa shape index (κ2) is 6.39. The number of rotatable bonds is 2. The Labute approximate surface area is 173 Å². The topological polar surface area (TPSA) is 46.9 Å². The molecule has 0 amide bonds. The summed E-state index contributed by atoms with van der Waals surface area (Å²) in [6, 6.07) is 8.43. The summed E-state index contributed by atoms with van der Waals surface area (Å²) in [5.74, 6) is 0.680. The maximum atomic E-state index is 13.5. The number of hydrogen-bond donors (Lipinski definition) is 1. The second-order valence-electron chi connectivity index (χ2n) is 8.68. The van der Waals surface area contributed by atoms with E-state index >= 15 is 0 Å². The standard InChI is InChI=1S/C23H22FN3OS/c1-13-19-20(14-8-9-29-12-14)21-17(10-23(2,3)11-18(21)28)25-22(19)27(26-13)16-6-4-15(24)5-7-16/h4-9,12,20,25H,10-11H2,1-3H3/t20-/m1/s1. The molecule has 0 radical (unpaired) electrons. The van der Waals surface area contributed by atoms with Gasteiger partial charge >= 0.3 is 0 Å². The summed E-state index contributed by atoms with van der Waals surface area (Å²) in [5, 5.41) is 12.5. The minimum absolute atomic E-state index is 0.0879. The van der Waals surface area contributed by atoms with Crippen LogP contribution in [-0.4, -0.2) is 15.6 Å². The maximum absolute atomic E-state index is 13.5. The molecule has 1 aromatic carbocycles. The molecule has 1 atom stereocenters. The van der Waals surface area contributed by atoms with Gasteiger partial charge in [-0.25, -0.2) is 9.07 Å². The number of aromatic nitrogens is 2. The Balaban J connectivity index is 1.74. The molecular weight excluding hydrogens is 385 g/mol. The molecule has 3 aromatic rings. The lowest BCUT2D eigenvalue weighted by molar-refractivity contribution is -0.118. The molecule has 0 fully saturated rings. The molecule has 3 heterocycles. The Bertz CT molecular complexity index is 1140. The third-order valence-electron chi connectivity index (χ3n) is 5.82. The van der Waals surface area contributed by atoms with E-state index in [1.54, 1.807) is 23.5 Å². The molecule has 0 saturated heterocycles. The monoisotopic (exact) mass is 407 g/mol. The number of anilines is 1. The summed E-state index contributed by atoms with van der Waals surface area (Å²) >= 11 is 1.64. The van der Waals surface area contributed by atoms with Crippen molar-refractivity contribution in [3.8, 4) is 5.69 Å². The first-order valence-electron chi connectivity index (χ1n) is 9.75. The summed E-state index contributed by atoms with van der Waals surface area (Å²) in [6.45, 7) is 6.24. The van der Waals surface area contributed by atoms with Gasteiger partial charge in [0, 0.05) is 29.2 Å². The zero-order valence-corrected chi connectivity index (χ0v) is 17.4. The van der Waals surface area contributed by atoms with Crippen LogP contribution in [0, 0.1) is 18.2 Å². The van der Waals surface area contributed by atoms with Crippen molar-refractivity contribution in [3.05, 3.63) is 75.0 Å². The van der Waals surface area contributed by atoms with E-state index < -0.39 is 0 Å². The van der Waals surface area contributed by atoms with Crippen LogP contribution in [0.15, 0.2) is 52.4 Å². The van der Waals surface area contributed by atoms with Crippen molar-refractivity contribution in [1.29, 1.82) is 0 Å². The van der Waals surface area contributed by atoms with Gasteiger partial charge in [-0.1, -0.05) is 13.8 Å². The van der Waals surface area contributed by atoms with Gasteiger partial charge in [0.25, 0.3) is 0 Å². The SMILES string of the molecule is Cc1nn(-c2ccc(F)cc2)c2c1[C@@H](c1ccsc1)C1=C(CC(C)(C)CC1=O)N2. The fourth-order valence-electron chi connectivity index (χ4n) is 4.62. The molecule has 1 aliphatic heterocycles. The smallest absolute Gasteiger partial charge is 0.162 e. The molecule has 1 N–H and O–H groups in total. The van der Waals surface area contributed by atoms with Crippen LogP contribution in [0.1, 0.15) is 49.4 Å². The van der Waals surface area contributed by atoms with E-state index in [-0.39, 0.29) is 22.9 Å². The lowest BCUT2D eigenvalue weighted by atomic mass is 9.69. The van der Waals surface area contributed by atoms with Gasteiger partial charge in [-0.15, -0.1) is 0 Å². The van der Waals surface area contributed by atoms with E-state index in [0.29, 0.717) is 6.42 Å². The number of thiophene rings is 1. The highest BCUT2D eigenvalue weighted by Crippen LogP contribution is 2.50. The number of ketones is 1.